The first-order valence-electron chi connectivity index (χ1n) is 30.7. The van der Waals surface area contributed by atoms with Gasteiger partial charge in [0.1, 0.15) is 42.0 Å². The van der Waals surface area contributed by atoms with Gasteiger partial charge in [-0.2, -0.15) is 0 Å². The van der Waals surface area contributed by atoms with Crippen molar-refractivity contribution in [3.63, 3.8) is 0 Å². The maximum atomic E-state index is 14.2. The van der Waals surface area contributed by atoms with E-state index in [1.807, 2.05) is 13.8 Å². The molecule has 4 aliphatic rings. The number of hydrogen-bond donors (Lipinski definition) is 10. The Morgan fingerprint density at radius 2 is 0.988 bits per heavy atom. The number of nitrogens with one attached hydrogen (secondary N) is 8. The molecule has 4 fully saturated rings. The van der Waals surface area contributed by atoms with Crippen molar-refractivity contribution in [2.75, 3.05) is 40.4 Å². The minimum absolute atomic E-state index is 0.0428. The van der Waals surface area contributed by atoms with E-state index in [-0.39, 0.29) is 106 Å². The van der Waals surface area contributed by atoms with E-state index in [0.29, 0.717) is 88.2 Å². The van der Waals surface area contributed by atoms with Crippen LogP contribution in [0.5, 0.6) is 0 Å². The van der Waals surface area contributed by atoms with E-state index >= 15 is 0 Å². The van der Waals surface area contributed by atoms with Gasteiger partial charge < -0.3 is 62.5 Å². The molecular formula is C64H88N10O12. The molecule has 2 aromatic rings. The molecule has 22 heteroatoms. The van der Waals surface area contributed by atoms with Crippen molar-refractivity contribution in [1.82, 2.24) is 52.3 Å². The number of aliphatic hydroxyl groups excluding tert-OH is 2. The Kier molecular flexibility index (Phi) is 27.2. The quantitative estimate of drug-likeness (QED) is 0.0394. The molecule has 4 aliphatic heterocycles. The van der Waals surface area contributed by atoms with Crippen LogP contribution in [-0.2, 0) is 47.9 Å². The van der Waals surface area contributed by atoms with Crippen molar-refractivity contribution in [3.8, 4) is 23.7 Å². The average molecular weight is 1190 g/mol. The monoisotopic (exact) mass is 1190 g/mol. The number of carbonyl (C=O) groups is 10. The number of likely N-dealkylation sites (N-methyl/N-ethyl adjacent to an activating group) is 2. The standard InChI is InChI=1S/C64H88N10O12/c1-5-48(65-3)58(80)71-56-43(39-75)29-31-45-33-35-50(73(45)63(56)85)60(82)69-54(41-21-13-11-14-22-41)52(78)27-20-37-67-53(79)28-18-10-8-7-9-17-25-47(77)26-19-38-68-62(84)55(42-23-15-12-16-24-42)70-61(83)51-36-34-46-32-30-44(40-76)57(64(86)74(46)51)72-59(81)49(6-2)66-4/h11-16,21-24,43-46,48-51,54-57,65-66,75-76H,5-6,17-20,25-40H2,1-4H3,(H,67,79)(H,68,84)(H,69,82)(H,70,83)(H,71,80)(H,72,81)/t43-,44-,45+,46+,48+,49+,50+,51+,54+,55+,56+,57+/m1/s1. The third-order valence-electron chi connectivity index (χ3n) is 17.1. The van der Waals surface area contributed by atoms with Crippen molar-refractivity contribution in [3.05, 3.63) is 71.8 Å². The molecule has 8 amide bonds. The Morgan fingerprint density at radius 1 is 0.547 bits per heavy atom. The largest absolute Gasteiger partial charge is 0.396 e. The number of nitrogens with zero attached hydrogens (tertiary/aromatic N) is 2. The molecule has 86 heavy (non-hydrogen) atoms. The summed E-state index contributed by atoms with van der Waals surface area (Å²) in [5.41, 5.74) is 1.10. The summed E-state index contributed by atoms with van der Waals surface area (Å²) in [5.74, 6) is 6.44. The minimum atomic E-state index is -1.09. The fraction of sp³-hybridized carbons (Fsp3) is 0.594. The highest BCUT2D eigenvalue weighted by Crippen LogP contribution is 2.36. The van der Waals surface area contributed by atoms with Crippen molar-refractivity contribution >= 4 is 58.8 Å². The number of amides is 8. The lowest BCUT2D eigenvalue weighted by Gasteiger charge is -2.33. The molecule has 466 valence electrons. The lowest BCUT2D eigenvalue weighted by Crippen LogP contribution is -2.59. The maximum absolute atomic E-state index is 14.2. The van der Waals surface area contributed by atoms with E-state index in [4.69, 9.17) is 0 Å². The summed E-state index contributed by atoms with van der Waals surface area (Å²) >= 11 is 0. The van der Waals surface area contributed by atoms with Crippen molar-refractivity contribution in [1.29, 1.82) is 0 Å². The van der Waals surface area contributed by atoms with Gasteiger partial charge in [0.15, 0.2) is 5.78 Å². The van der Waals surface area contributed by atoms with E-state index in [0.717, 1.165) is 0 Å². The summed E-state index contributed by atoms with van der Waals surface area (Å²) in [6.45, 7) is 3.45. The molecule has 12 atom stereocenters. The van der Waals surface area contributed by atoms with Crippen LogP contribution in [0.4, 0.5) is 0 Å². The lowest BCUT2D eigenvalue weighted by atomic mass is 9.93. The third kappa shape index (κ3) is 18.5. The summed E-state index contributed by atoms with van der Waals surface area (Å²) in [5, 5.41) is 43.5. The fourth-order valence-corrected chi connectivity index (χ4v) is 12.1. The van der Waals surface area contributed by atoms with Crippen LogP contribution in [0.3, 0.4) is 0 Å². The van der Waals surface area contributed by atoms with E-state index in [1.54, 1.807) is 79.7 Å². The van der Waals surface area contributed by atoms with Crippen LogP contribution in [-0.4, -0.2) is 168 Å². The molecule has 0 saturated carbocycles. The van der Waals surface area contributed by atoms with Crippen LogP contribution >= 0.6 is 0 Å². The normalized spacial score (nSPS) is 22.9. The predicted molar refractivity (Wildman–Crippen MR) is 320 cm³/mol. The first-order valence-corrected chi connectivity index (χ1v) is 30.7. The van der Waals surface area contributed by atoms with Gasteiger partial charge in [-0.05, 0) is 114 Å². The number of Topliss-reactive ketones (excluding diaryl/α,β-unsaturated/α-hetero) is 2. The minimum Gasteiger partial charge on any atom is -0.396 e. The molecule has 10 N–H and O–H groups in total. The summed E-state index contributed by atoms with van der Waals surface area (Å²) in [7, 11) is 3.31. The predicted octanol–water partition coefficient (Wildman–Crippen LogP) is 1.69. The van der Waals surface area contributed by atoms with Crippen molar-refractivity contribution in [2.24, 2.45) is 11.8 Å². The molecule has 0 bridgehead atoms. The van der Waals surface area contributed by atoms with E-state index in [9.17, 15) is 58.2 Å². The van der Waals surface area contributed by atoms with Gasteiger partial charge in [-0.25, -0.2) is 0 Å². The van der Waals surface area contributed by atoms with Gasteiger partial charge in [-0.1, -0.05) is 86.4 Å². The fourth-order valence-electron chi connectivity index (χ4n) is 12.1. The molecule has 0 aliphatic carbocycles. The number of aliphatic hydroxyl groups is 2. The topological polar surface area (TPSA) is 314 Å². The van der Waals surface area contributed by atoms with E-state index < -0.39 is 89.7 Å². The number of hydrogen-bond acceptors (Lipinski definition) is 14. The maximum Gasteiger partial charge on any atom is 0.247 e. The SMILES string of the molecule is CC[C@H](NC)C(=O)N[C@@H]1C(=O)N2[C@@H](CC[C@@H]1CO)CC[C@H]2C(=O)N[C@H](C(=O)CCCNC(=O)CCC#CC#CCCC(=O)CCCNC(=O)[C@@H](NC(=O)[C@@H]1CC[C@@H]2CC[C@H](CO)[C@H](NC(=O)[C@H](CC)NC)C(=O)N21)c1ccccc1)c1ccccc1. The summed E-state index contributed by atoms with van der Waals surface area (Å²) in [6, 6.07) is 10.1. The highest BCUT2D eigenvalue weighted by atomic mass is 16.3. The van der Waals surface area contributed by atoms with Gasteiger partial charge in [-0.3, -0.25) is 47.9 Å². The van der Waals surface area contributed by atoms with Gasteiger partial charge in [0.05, 0.1) is 12.1 Å². The first kappa shape index (κ1) is 67.6. The molecule has 2 aromatic carbocycles. The highest BCUT2D eigenvalue weighted by Gasteiger charge is 2.50. The van der Waals surface area contributed by atoms with Crippen LogP contribution in [0, 0.1) is 35.5 Å². The average Bonchev–Trinajstić information content (AvgIpc) is 1.93. The zero-order valence-corrected chi connectivity index (χ0v) is 50.1. The zero-order chi connectivity index (χ0) is 62.1. The molecule has 0 aromatic heterocycles. The number of benzene rings is 2. The van der Waals surface area contributed by atoms with Crippen LogP contribution in [0.15, 0.2) is 60.7 Å². The Morgan fingerprint density at radius 3 is 1.47 bits per heavy atom. The molecule has 4 saturated heterocycles. The summed E-state index contributed by atoms with van der Waals surface area (Å²) < 4.78 is 0. The van der Waals surface area contributed by atoms with Crippen LogP contribution in [0.2, 0.25) is 0 Å². The second kappa shape index (κ2) is 34.6. The number of fused-ring (bicyclic) bond motifs is 2. The number of ketones is 2. The Labute approximate surface area is 505 Å². The van der Waals surface area contributed by atoms with Gasteiger partial charge in [0.25, 0.3) is 0 Å². The Hall–Kier alpha value is -7.50. The Bertz CT molecular complexity index is 2600. The molecule has 6 rings (SSSR count). The number of carbonyl (C=O) groups excluding carboxylic acids is 10. The van der Waals surface area contributed by atoms with Crippen LogP contribution in [0.25, 0.3) is 0 Å². The van der Waals surface area contributed by atoms with Gasteiger partial charge >= 0.3 is 0 Å². The van der Waals surface area contributed by atoms with Crippen molar-refractivity contribution in [2.45, 2.75) is 190 Å². The second-order valence-corrected chi connectivity index (χ2v) is 22.7. The van der Waals surface area contributed by atoms with Crippen LogP contribution < -0.4 is 42.5 Å². The number of rotatable bonds is 30. The zero-order valence-electron chi connectivity index (χ0n) is 50.1. The van der Waals surface area contributed by atoms with Gasteiger partial charge in [0.2, 0.25) is 47.3 Å². The highest BCUT2D eigenvalue weighted by molar-refractivity contribution is 5.98. The Balaban J connectivity index is 0.891. The molecule has 0 spiro atoms. The molecule has 0 radical (unpaired) electrons. The van der Waals surface area contributed by atoms with E-state index in [1.165, 1.54) is 4.90 Å². The van der Waals surface area contributed by atoms with Crippen LogP contribution in [0.1, 0.15) is 153 Å². The van der Waals surface area contributed by atoms with Gasteiger partial charge in [0, 0.05) is 88.7 Å². The third-order valence-corrected chi connectivity index (χ3v) is 17.1. The van der Waals surface area contributed by atoms with Crippen molar-refractivity contribution < 1.29 is 58.2 Å². The molecule has 22 nitrogen and oxygen atoms in total. The lowest BCUT2D eigenvalue weighted by molar-refractivity contribution is -0.144. The second-order valence-electron chi connectivity index (χ2n) is 22.7. The molecule has 0 unspecified atom stereocenters. The smallest absolute Gasteiger partial charge is 0.247 e. The first-order chi connectivity index (χ1) is 41.6. The summed E-state index contributed by atoms with van der Waals surface area (Å²) in [4.78, 5) is 139. The van der Waals surface area contributed by atoms with Gasteiger partial charge in [-0.15, -0.1) is 0 Å². The van der Waals surface area contributed by atoms with E-state index in [2.05, 4.69) is 66.2 Å². The molecule has 4 heterocycles. The molecular weight excluding hydrogens is 1100 g/mol. The summed E-state index contributed by atoms with van der Waals surface area (Å²) in [6.07, 6.45) is 6.58.